The van der Waals surface area contributed by atoms with Crippen LogP contribution >= 0.6 is 11.6 Å². The van der Waals surface area contributed by atoms with Gasteiger partial charge in [0.2, 0.25) is 0 Å². The van der Waals surface area contributed by atoms with Gasteiger partial charge in [0.15, 0.2) is 0 Å². The zero-order chi connectivity index (χ0) is 13.3. The van der Waals surface area contributed by atoms with Crippen molar-refractivity contribution in [3.63, 3.8) is 0 Å². The number of aromatic nitrogens is 2. The Morgan fingerprint density at radius 3 is 2.83 bits per heavy atom. The number of halogens is 1. The number of benzene rings is 1. The summed E-state index contributed by atoms with van der Waals surface area (Å²) < 4.78 is 2.03. The van der Waals surface area contributed by atoms with Gasteiger partial charge in [0.25, 0.3) is 0 Å². The van der Waals surface area contributed by atoms with E-state index in [2.05, 4.69) is 10.3 Å². The summed E-state index contributed by atoms with van der Waals surface area (Å²) in [6.07, 6.45) is 0. The lowest BCUT2D eigenvalue weighted by Crippen LogP contribution is -2.42. The normalized spacial score (nSPS) is 12.3. The molecule has 2 aromatic rings. The molecule has 0 atom stereocenters. The minimum absolute atomic E-state index is 0.0861. The topological polar surface area (TPSA) is 50.1 Å². The molecule has 0 aliphatic rings. The Hall–Kier alpha value is -1.10. The van der Waals surface area contributed by atoms with Crippen molar-refractivity contribution in [3.05, 3.63) is 29.0 Å². The van der Waals surface area contributed by atoms with Crippen LogP contribution in [0.1, 0.15) is 19.7 Å². The van der Waals surface area contributed by atoms with Gasteiger partial charge >= 0.3 is 0 Å². The first-order chi connectivity index (χ1) is 8.43. The van der Waals surface area contributed by atoms with E-state index >= 15 is 0 Å². The highest BCUT2D eigenvalue weighted by atomic mass is 35.5. The Labute approximate surface area is 112 Å². The average Bonchev–Trinajstić information content (AvgIpc) is 2.63. The number of aliphatic hydroxyl groups is 1. The van der Waals surface area contributed by atoms with E-state index in [1.165, 1.54) is 0 Å². The van der Waals surface area contributed by atoms with E-state index < -0.39 is 0 Å². The average molecular weight is 268 g/mol. The van der Waals surface area contributed by atoms with E-state index in [1.54, 1.807) is 0 Å². The molecule has 18 heavy (non-hydrogen) atoms. The molecule has 2 rings (SSSR count). The van der Waals surface area contributed by atoms with E-state index in [9.17, 15) is 5.11 Å². The summed E-state index contributed by atoms with van der Waals surface area (Å²) in [5.41, 5.74) is 1.64. The fourth-order valence-corrected chi connectivity index (χ4v) is 1.92. The van der Waals surface area contributed by atoms with Crippen molar-refractivity contribution in [2.75, 3.05) is 6.61 Å². The van der Waals surface area contributed by atoms with Crippen molar-refractivity contribution in [3.8, 4) is 0 Å². The van der Waals surface area contributed by atoms with Gasteiger partial charge in [0, 0.05) is 17.6 Å². The Bertz CT molecular complexity index is 563. The molecule has 0 saturated heterocycles. The fraction of sp³-hybridized carbons (Fsp3) is 0.462. The molecule has 0 fully saturated rings. The van der Waals surface area contributed by atoms with Crippen LogP contribution in [0.5, 0.6) is 0 Å². The molecular formula is C13H18ClN3O. The van der Waals surface area contributed by atoms with Crippen LogP contribution in [0.15, 0.2) is 18.2 Å². The largest absolute Gasteiger partial charge is 0.394 e. The second-order valence-corrected chi connectivity index (χ2v) is 5.55. The minimum atomic E-state index is -0.310. The quantitative estimate of drug-likeness (QED) is 0.892. The van der Waals surface area contributed by atoms with Crippen molar-refractivity contribution in [2.24, 2.45) is 7.05 Å². The summed E-state index contributed by atoms with van der Waals surface area (Å²) in [4.78, 5) is 4.54. The molecule has 1 aromatic heterocycles. The molecule has 98 valence electrons. The lowest BCUT2D eigenvalue weighted by Gasteiger charge is -2.23. The number of fused-ring (bicyclic) bond motifs is 1. The van der Waals surface area contributed by atoms with E-state index in [4.69, 9.17) is 11.6 Å². The Morgan fingerprint density at radius 1 is 1.44 bits per heavy atom. The molecule has 1 aromatic carbocycles. The van der Waals surface area contributed by atoms with Crippen molar-refractivity contribution < 1.29 is 5.11 Å². The molecule has 2 N–H and O–H groups in total. The molecule has 0 bridgehead atoms. The van der Waals surface area contributed by atoms with Gasteiger partial charge in [0.05, 0.1) is 24.2 Å². The highest BCUT2D eigenvalue weighted by Crippen LogP contribution is 2.19. The van der Waals surface area contributed by atoms with Crippen LogP contribution in [-0.4, -0.2) is 26.8 Å². The molecule has 0 aliphatic heterocycles. The number of rotatable bonds is 4. The lowest BCUT2D eigenvalue weighted by atomic mass is 10.1. The molecule has 4 nitrogen and oxygen atoms in total. The van der Waals surface area contributed by atoms with Gasteiger partial charge in [0.1, 0.15) is 5.82 Å². The van der Waals surface area contributed by atoms with Crippen molar-refractivity contribution in [1.82, 2.24) is 14.9 Å². The maximum Gasteiger partial charge on any atom is 0.123 e. The van der Waals surface area contributed by atoms with Gasteiger partial charge in [-0.1, -0.05) is 11.6 Å². The maximum atomic E-state index is 9.21. The van der Waals surface area contributed by atoms with Crippen LogP contribution < -0.4 is 5.32 Å². The van der Waals surface area contributed by atoms with Crippen LogP contribution in [0.2, 0.25) is 5.02 Å². The first kappa shape index (κ1) is 13.3. The van der Waals surface area contributed by atoms with E-state index in [1.807, 2.05) is 43.7 Å². The highest BCUT2D eigenvalue weighted by Gasteiger charge is 2.17. The van der Waals surface area contributed by atoms with Crippen LogP contribution in [0.3, 0.4) is 0 Å². The number of imidazole rings is 1. The highest BCUT2D eigenvalue weighted by molar-refractivity contribution is 6.31. The predicted molar refractivity (Wildman–Crippen MR) is 73.7 cm³/mol. The summed E-state index contributed by atoms with van der Waals surface area (Å²) in [6.45, 7) is 4.60. The van der Waals surface area contributed by atoms with Crippen molar-refractivity contribution >= 4 is 22.6 Å². The van der Waals surface area contributed by atoms with Crippen LogP contribution in [0.25, 0.3) is 11.0 Å². The van der Waals surface area contributed by atoms with Crippen molar-refractivity contribution in [2.45, 2.75) is 25.9 Å². The van der Waals surface area contributed by atoms with Gasteiger partial charge in [-0.05, 0) is 32.0 Å². The van der Waals surface area contributed by atoms with E-state index in [-0.39, 0.29) is 12.1 Å². The number of nitrogens with zero attached hydrogens (tertiary/aromatic N) is 2. The molecule has 0 amide bonds. The molecule has 0 radical (unpaired) electrons. The molecule has 0 spiro atoms. The third-order valence-electron chi connectivity index (χ3n) is 3.06. The number of hydrogen-bond acceptors (Lipinski definition) is 3. The minimum Gasteiger partial charge on any atom is -0.394 e. The Morgan fingerprint density at radius 2 is 2.17 bits per heavy atom. The summed E-state index contributed by atoms with van der Waals surface area (Å²) >= 11 is 5.95. The van der Waals surface area contributed by atoms with Gasteiger partial charge in [-0.2, -0.15) is 0 Å². The zero-order valence-corrected chi connectivity index (χ0v) is 11.6. The van der Waals surface area contributed by atoms with E-state index in [0.29, 0.717) is 11.6 Å². The second-order valence-electron chi connectivity index (χ2n) is 5.12. The summed E-state index contributed by atoms with van der Waals surface area (Å²) in [5, 5.41) is 13.2. The Kier molecular flexibility index (Phi) is 3.61. The van der Waals surface area contributed by atoms with E-state index in [0.717, 1.165) is 16.9 Å². The molecule has 0 saturated carbocycles. The first-order valence-electron chi connectivity index (χ1n) is 5.90. The standard InChI is InChI=1S/C13H18ClN3O/c1-13(2,8-18)15-7-12-16-10-6-9(14)4-5-11(10)17(12)3/h4-6,15,18H,7-8H2,1-3H3. The van der Waals surface area contributed by atoms with Crippen LogP contribution in [0.4, 0.5) is 0 Å². The van der Waals surface area contributed by atoms with Gasteiger partial charge in [-0.25, -0.2) is 4.98 Å². The van der Waals surface area contributed by atoms with Crippen LogP contribution in [0, 0.1) is 0 Å². The molecule has 0 aliphatic carbocycles. The number of aryl methyl sites for hydroxylation is 1. The summed E-state index contributed by atoms with van der Waals surface area (Å²) in [7, 11) is 1.98. The molecular weight excluding hydrogens is 250 g/mol. The SMILES string of the molecule is Cn1c(CNC(C)(C)CO)nc2cc(Cl)ccc21. The second kappa shape index (κ2) is 4.88. The molecule has 0 unspecified atom stereocenters. The van der Waals surface area contributed by atoms with Crippen molar-refractivity contribution in [1.29, 1.82) is 0 Å². The monoisotopic (exact) mass is 267 g/mol. The van der Waals surface area contributed by atoms with Gasteiger partial charge < -0.3 is 15.0 Å². The zero-order valence-electron chi connectivity index (χ0n) is 10.9. The number of nitrogens with one attached hydrogen (secondary N) is 1. The molecule has 1 heterocycles. The smallest absolute Gasteiger partial charge is 0.123 e. The maximum absolute atomic E-state index is 9.21. The van der Waals surface area contributed by atoms with Gasteiger partial charge in [-0.15, -0.1) is 0 Å². The lowest BCUT2D eigenvalue weighted by molar-refractivity contribution is 0.186. The Balaban J connectivity index is 2.26. The third kappa shape index (κ3) is 2.66. The summed E-state index contributed by atoms with van der Waals surface area (Å²) in [5.74, 6) is 0.925. The summed E-state index contributed by atoms with van der Waals surface area (Å²) in [6, 6.07) is 5.68. The molecule has 5 heteroatoms. The third-order valence-corrected chi connectivity index (χ3v) is 3.29. The predicted octanol–water partition coefficient (Wildman–Crippen LogP) is 2.09. The van der Waals surface area contributed by atoms with Gasteiger partial charge in [-0.3, -0.25) is 0 Å². The first-order valence-corrected chi connectivity index (χ1v) is 6.27. The fourth-order valence-electron chi connectivity index (χ4n) is 1.76. The number of hydrogen-bond donors (Lipinski definition) is 2. The number of aliphatic hydroxyl groups excluding tert-OH is 1. The van der Waals surface area contributed by atoms with Crippen LogP contribution in [-0.2, 0) is 13.6 Å².